The molecule has 29 heavy (non-hydrogen) atoms. The van der Waals surface area contributed by atoms with E-state index < -0.39 is 6.61 Å². The molecular formula is C20H28ClF2N3O3. The van der Waals surface area contributed by atoms with Gasteiger partial charge in [-0.3, -0.25) is 9.59 Å². The topological polar surface area (TPSA) is 61.9 Å². The zero-order valence-electron chi connectivity index (χ0n) is 16.5. The molecule has 2 aliphatic heterocycles. The number of rotatable bonds is 5. The maximum absolute atomic E-state index is 13.0. The SMILES string of the molecule is CN(C(=O)C1CCCN(C(=O)c2ccccc2OC(F)F)C1)C1CCNCC1.Cl. The molecule has 0 aliphatic carbocycles. The highest BCUT2D eigenvalue weighted by molar-refractivity contribution is 5.97. The van der Waals surface area contributed by atoms with Crippen LogP contribution in [0.3, 0.4) is 0 Å². The number of hydrogen-bond acceptors (Lipinski definition) is 4. The Bertz CT molecular complexity index is 701. The summed E-state index contributed by atoms with van der Waals surface area (Å²) in [4.78, 5) is 29.3. The Labute approximate surface area is 176 Å². The first-order valence-electron chi connectivity index (χ1n) is 9.78. The summed E-state index contributed by atoms with van der Waals surface area (Å²) in [5.74, 6) is -0.719. The van der Waals surface area contributed by atoms with Gasteiger partial charge < -0.3 is 19.9 Å². The Hall–Kier alpha value is -1.93. The van der Waals surface area contributed by atoms with Crippen molar-refractivity contribution in [2.45, 2.75) is 38.3 Å². The lowest BCUT2D eigenvalue weighted by atomic mass is 9.94. The normalized spacial score (nSPS) is 20.1. The van der Waals surface area contributed by atoms with Crippen LogP contribution in [0.5, 0.6) is 5.75 Å². The number of halogens is 3. The average molecular weight is 432 g/mol. The lowest BCUT2D eigenvalue weighted by Crippen LogP contribution is -2.50. The molecule has 0 aromatic heterocycles. The van der Waals surface area contributed by atoms with E-state index in [0.717, 1.165) is 32.4 Å². The number of carbonyl (C=O) groups is 2. The number of para-hydroxylation sites is 1. The van der Waals surface area contributed by atoms with Crippen molar-refractivity contribution >= 4 is 24.2 Å². The second kappa shape index (κ2) is 10.7. The molecule has 162 valence electrons. The molecule has 3 rings (SSSR count). The predicted octanol–water partition coefficient (Wildman–Crippen LogP) is 2.77. The molecule has 2 heterocycles. The number of carbonyl (C=O) groups excluding carboxylic acids is 2. The van der Waals surface area contributed by atoms with Crippen molar-refractivity contribution < 1.29 is 23.1 Å². The van der Waals surface area contributed by atoms with Crippen LogP contribution in [0, 0.1) is 5.92 Å². The summed E-state index contributed by atoms with van der Waals surface area (Å²) in [6.45, 7) is -0.390. The second-order valence-corrected chi connectivity index (χ2v) is 7.40. The Morgan fingerprint density at radius 2 is 1.90 bits per heavy atom. The number of alkyl halides is 2. The molecule has 1 aromatic rings. The Balaban J connectivity index is 0.00000300. The highest BCUT2D eigenvalue weighted by atomic mass is 35.5. The van der Waals surface area contributed by atoms with Crippen LogP contribution in [0.2, 0.25) is 0 Å². The second-order valence-electron chi connectivity index (χ2n) is 7.40. The molecule has 1 N–H and O–H groups in total. The molecule has 1 unspecified atom stereocenters. The van der Waals surface area contributed by atoms with Gasteiger partial charge in [0.2, 0.25) is 5.91 Å². The van der Waals surface area contributed by atoms with Crippen LogP contribution in [0.1, 0.15) is 36.0 Å². The van der Waals surface area contributed by atoms with Gasteiger partial charge in [-0.05, 0) is 50.9 Å². The number of hydrogen-bond donors (Lipinski definition) is 1. The number of amides is 2. The first-order chi connectivity index (χ1) is 13.5. The van der Waals surface area contributed by atoms with Gasteiger partial charge in [0.25, 0.3) is 5.91 Å². The summed E-state index contributed by atoms with van der Waals surface area (Å²) in [6, 6.07) is 6.22. The number of nitrogens with one attached hydrogen (secondary N) is 1. The summed E-state index contributed by atoms with van der Waals surface area (Å²) in [6.07, 6.45) is 3.29. The molecule has 0 saturated carbocycles. The van der Waals surface area contributed by atoms with Gasteiger partial charge in [-0.2, -0.15) is 8.78 Å². The van der Waals surface area contributed by atoms with Crippen LogP contribution in [0.25, 0.3) is 0 Å². The maximum Gasteiger partial charge on any atom is 0.387 e. The van der Waals surface area contributed by atoms with Gasteiger partial charge in [-0.1, -0.05) is 12.1 Å². The van der Waals surface area contributed by atoms with E-state index in [9.17, 15) is 18.4 Å². The van der Waals surface area contributed by atoms with Gasteiger partial charge in [0.05, 0.1) is 11.5 Å². The van der Waals surface area contributed by atoms with Crippen LogP contribution in [0.4, 0.5) is 8.78 Å². The maximum atomic E-state index is 13.0. The first-order valence-corrected chi connectivity index (χ1v) is 9.78. The van der Waals surface area contributed by atoms with Gasteiger partial charge in [0, 0.05) is 26.2 Å². The first kappa shape index (κ1) is 23.3. The van der Waals surface area contributed by atoms with Crippen molar-refractivity contribution in [3.63, 3.8) is 0 Å². The fourth-order valence-electron chi connectivity index (χ4n) is 4.04. The summed E-state index contributed by atoms with van der Waals surface area (Å²) in [5.41, 5.74) is 0.0996. The molecule has 9 heteroatoms. The molecular weight excluding hydrogens is 404 g/mol. The number of ether oxygens (including phenoxy) is 1. The van der Waals surface area contributed by atoms with Gasteiger partial charge >= 0.3 is 6.61 Å². The van der Waals surface area contributed by atoms with E-state index in [0.29, 0.717) is 19.5 Å². The molecule has 2 amide bonds. The third-order valence-electron chi connectivity index (χ3n) is 5.60. The van der Waals surface area contributed by atoms with Gasteiger partial charge in [0.1, 0.15) is 5.75 Å². The monoisotopic (exact) mass is 431 g/mol. The van der Waals surface area contributed by atoms with E-state index in [4.69, 9.17) is 0 Å². The van der Waals surface area contributed by atoms with E-state index in [2.05, 4.69) is 10.1 Å². The quantitative estimate of drug-likeness (QED) is 0.778. The minimum absolute atomic E-state index is 0. The largest absolute Gasteiger partial charge is 0.434 e. The van der Waals surface area contributed by atoms with Crippen molar-refractivity contribution in [2.75, 3.05) is 33.2 Å². The third-order valence-corrected chi connectivity index (χ3v) is 5.60. The zero-order valence-corrected chi connectivity index (χ0v) is 17.3. The standard InChI is InChI=1S/C20H27F2N3O3.ClH/c1-24(15-8-10-23-11-9-15)18(26)14-5-4-12-25(13-14)19(27)16-6-2-3-7-17(16)28-20(21)22;/h2-3,6-7,14-15,20,23H,4-5,8-13H2,1H3;1H. The van der Waals surface area contributed by atoms with Crippen LogP contribution in [0.15, 0.2) is 24.3 Å². The van der Waals surface area contributed by atoms with Crippen molar-refractivity contribution in [1.29, 1.82) is 0 Å². The minimum Gasteiger partial charge on any atom is -0.434 e. The molecule has 0 spiro atoms. The van der Waals surface area contributed by atoms with E-state index in [1.165, 1.54) is 12.1 Å². The van der Waals surface area contributed by atoms with Crippen molar-refractivity contribution in [1.82, 2.24) is 15.1 Å². The predicted molar refractivity (Wildman–Crippen MR) is 108 cm³/mol. The summed E-state index contributed by atoms with van der Waals surface area (Å²) >= 11 is 0. The van der Waals surface area contributed by atoms with E-state index in [-0.39, 0.29) is 47.5 Å². The summed E-state index contributed by atoms with van der Waals surface area (Å²) in [5, 5.41) is 3.29. The lowest BCUT2D eigenvalue weighted by molar-refractivity contribution is -0.138. The van der Waals surface area contributed by atoms with E-state index in [1.54, 1.807) is 17.0 Å². The highest BCUT2D eigenvalue weighted by Gasteiger charge is 2.33. The molecule has 1 atom stereocenters. The molecule has 6 nitrogen and oxygen atoms in total. The average Bonchev–Trinajstić information content (AvgIpc) is 2.73. The van der Waals surface area contributed by atoms with Crippen LogP contribution in [-0.2, 0) is 4.79 Å². The fraction of sp³-hybridized carbons (Fsp3) is 0.600. The van der Waals surface area contributed by atoms with Gasteiger partial charge in [-0.25, -0.2) is 0 Å². The van der Waals surface area contributed by atoms with Gasteiger partial charge in [-0.15, -0.1) is 12.4 Å². The molecule has 2 fully saturated rings. The van der Waals surface area contributed by atoms with Gasteiger partial charge in [0.15, 0.2) is 0 Å². The van der Waals surface area contributed by atoms with Crippen LogP contribution >= 0.6 is 12.4 Å². The van der Waals surface area contributed by atoms with Crippen molar-refractivity contribution in [3.8, 4) is 5.75 Å². The van der Waals surface area contributed by atoms with E-state index >= 15 is 0 Å². The Morgan fingerprint density at radius 1 is 1.21 bits per heavy atom. The number of nitrogens with zero attached hydrogens (tertiary/aromatic N) is 2. The summed E-state index contributed by atoms with van der Waals surface area (Å²) < 4.78 is 29.8. The Kier molecular flexibility index (Phi) is 8.64. The highest BCUT2D eigenvalue weighted by Crippen LogP contribution is 2.26. The molecule has 0 bridgehead atoms. The van der Waals surface area contributed by atoms with Crippen LogP contribution in [-0.4, -0.2) is 67.5 Å². The van der Waals surface area contributed by atoms with Crippen molar-refractivity contribution in [2.24, 2.45) is 5.92 Å². The molecule has 1 aromatic carbocycles. The third kappa shape index (κ3) is 5.79. The lowest BCUT2D eigenvalue weighted by Gasteiger charge is -2.37. The minimum atomic E-state index is -3.00. The molecule has 2 aliphatic rings. The smallest absolute Gasteiger partial charge is 0.387 e. The number of likely N-dealkylation sites (tertiary alicyclic amines) is 1. The number of benzene rings is 1. The fourth-order valence-corrected chi connectivity index (χ4v) is 4.04. The van der Waals surface area contributed by atoms with E-state index in [1.807, 2.05) is 11.9 Å². The van der Waals surface area contributed by atoms with Crippen molar-refractivity contribution in [3.05, 3.63) is 29.8 Å². The molecule has 2 saturated heterocycles. The Morgan fingerprint density at radius 3 is 2.59 bits per heavy atom. The van der Waals surface area contributed by atoms with Crippen LogP contribution < -0.4 is 10.1 Å². The number of piperidine rings is 2. The zero-order chi connectivity index (χ0) is 20.1. The summed E-state index contributed by atoms with van der Waals surface area (Å²) in [7, 11) is 1.84. The molecule has 0 radical (unpaired) electrons.